The fourth-order valence-corrected chi connectivity index (χ4v) is 2.54. The molecule has 0 radical (unpaired) electrons. The van der Waals surface area contributed by atoms with Crippen LogP contribution in [-0.2, 0) is 9.59 Å². The molecule has 98 valence electrons. The molecule has 0 aromatic carbocycles. The van der Waals surface area contributed by atoms with Crippen molar-refractivity contribution in [2.24, 2.45) is 5.92 Å². The van der Waals surface area contributed by atoms with E-state index in [0.29, 0.717) is 19.5 Å². The molecule has 0 aromatic heterocycles. The number of piperazine rings is 1. The van der Waals surface area contributed by atoms with Crippen LogP contribution in [0.25, 0.3) is 0 Å². The Balaban J connectivity index is 2.73. The van der Waals surface area contributed by atoms with Crippen molar-refractivity contribution in [2.45, 2.75) is 53.1 Å². The molecule has 2 atom stereocenters. The van der Waals surface area contributed by atoms with Gasteiger partial charge in [0.25, 0.3) is 0 Å². The third-order valence-corrected chi connectivity index (χ3v) is 3.31. The van der Waals surface area contributed by atoms with Gasteiger partial charge in [-0.15, -0.1) is 0 Å². The molecule has 2 unspecified atom stereocenters. The van der Waals surface area contributed by atoms with E-state index in [1.165, 1.54) is 0 Å². The lowest BCUT2D eigenvalue weighted by Gasteiger charge is -2.45. The standard InChI is InChI=1S/C13H24N2O2/c1-6-12(16)15-10(4)7-14(8-11(15)5)13(17)9(2)3/h9-11H,6-8H2,1-5H3. The molecule has 2 amide bonds. The maximum atomic E-state index is 12.0. The van der Waals surface area contributed by atoms with Crippen molar-refractivity contribution in [3.63, 3.8) is 0 Å². The van der Waals surface area contributed by atoms with Gasteiger partial charge in [-0.1, -0.05) is 20.8 Å². The van der Waals surface area contributed by atoms with Crippen LogP contribution in [0, 0.1) is 5.92 Å². The lowest BCUT2D eigenvalue weighted by molar-refractivity contribution is -0.147. The van der Waals surface area contributed by atoms with Gasteiger partial charge in [-0.2, -0.15) is 0 Å². The van der Waals surface area contributed by atoms with E-state index in [4.69, 9.17) is 0 Å². The van der Waals surface area contributed by atoms with E-state index in [1.54, 1.807) is 0 Å². The zero-order chi connectivity index (χ0) is 13.2. The monoisotopic (exact) mass is 240 g/mol. The van der Waals surface area contributed by atoms with Gasteiger partial charge in [0.15, 0.2) is 0 Å². The Labute approximate surface area is 104 Å². The minimum Gasteiger partial charge on any atom is -0.338 e. The second kappa shape index (κ2) is 5.52. The molecular formula is C13H24N2O2. The van der Waals surface area contributed by atoms with Crippen LogP contribution in [0.2, 0.25) is 0 Å². The SMILES string of the molecule is CCC(=O)N1C(C)CN(C(=O)C(C)C)CC1C. The normalized spacial score (nSPS) is 25.3. The Kier molecular flexibility index (Phi) is 4.54. The van der Waals surface area contributed by atoms with Gasteiger partial charge < -0.3 is 9.80 Å². The Morgan fingerprint density at radius 1 is 1.18 bits per heavy atom. The number of carbonyl (C=O) groups excluding carboxylic acids is 2. The highest BCUT2D eigenvalue weighted by molar-refractivity contribution is 5.80. The van der Waals surface area contributed by atoms with Crippen molar-refractivity contribution >= 4 is 11.8 Å². The zero-order valence-electron chi connectivity index (χ0n) is 11.6. The van der Waals surface area contributed by atoms with Crippen molar-refractivity contribution in [1.29, 1.82) is 0 Å². The molecule has 1 heterocycles. The molecule has 0 aliphatic carbocycles. The van der Waals surface area contributed by atoms with Gasteiger partial charge in [-0.05, 0) is 13.8 Å². The topological polar surface area (TPSA) is 40.6 Å². The summed E-state index contributed by atoms with van der Waals surface area (Å²) >= 11 is 0. The van der Waals surface area contributed by atoms with Crippen LogP contribution >= 0.6 is 0 Å². The fraction of sp³-hybridized carbons (Fsp3) is 0.846. The number of nitrogens with zero attached hydrogens (tertiary/aromatic N) is 2. The number of hydrogen-bond acceptors (Lipinski definition) is 2. The van der Waals surface area contributed by atoms with E-state index < -0.39 is 0 Å². The summed E-state index contributed by atoms with van der Waals surface area (Å²) in [6, 6.07) is 0.239. The van der Waals surface area contributed by atoms with E-state index in [2.05, 4.69) is 0 Å². The van der Waals surface area contributed by atoms with Gasteiger partial charge in [-0.25, -0.2) is 0 Å². The first-order valence-electron chi connectivity index (χ1n) is 6.48. The van der Waals surface area contributed by atoms with Crippen molar-refractivity contribution in [1.82, 2.24) is 9.80 Å². The first kappa shape index (κ1) is 14.0. The number of amides is 2. The molecule has 0 N–H and O–H groups in total. The van der Waals surface area contributed by atoms with Crippen LogP contribution in [0.5, 0.6) is 0 Å². The number of carbonyl (C=O) groups is 2. The molecule has 1 aliphatic rings. The van der Waals surface area contributed by atoms with Crippen molar-refractivity contribution < 1.29 is 9.59 Å². The summed E-state index contributed by atoms with van der Waals surface area (Å²) in [6.07, 6.45) is 0.535. The highest BCUT2D eigenvalue weighted by atomic mass is 16.2. The van der Waals surface area contributed by atoms with E-state index >= 15 is 0 Å². The fourth-order valence-electron chi connectivity index (χ4n) is 2.54. The summed E-state index contributed by atoms with van der Waals surface area (Å²) < 4.78 is 0. The summed E-state index contributed by atoms with van der Waals surface area (Å²) in [5.41, 5.74) is 0. The first-order chi connectivity index (χ1) is 7.88. The smallest absolute Gasteiger partial charge is 0.225 e. The van der Waals surface area contributed by atoms with Crippen LogP contribution in [0.1, 0.15) is 41.0 Å². The van der Waals surface area contributed by atoms with Gasteiger partial charge >= 0.3 is 0 Å². The third kappa shape index (κ3) is 2.99. The van der Waals surface area contributed by atoms with E-state index in [1.807, 2.05) is 44.4 Å². The Morgan fingerprint density at radius 2 is 1.65 bits per heavy atom. The second-order valence-electron chi connectivity index (χ2n) is 5.25. The average molecular weight is 240 g/mol. The molecule has 17 heavy (non-hydrogen) atoms. The average Bonchev–Trinajstić information content (AvgIpc) is 2.26. The lowest BCUT2D eigenvalue weighted by atomic mass is 10.0. The summed E-state index contributed by atoms with van der Waals surface area (Å²) in [4.78, 5) is 27.6. The van der Waals surface area contributed by atoms with Crippen LogP contribution < -0.4 is 0 Å². The summed E-state index contributed by atoms with van der Waals surface area (Å²) in [6.45, 7) is 11.1. The summed E-state index contributed by atoms with van der Waals surface area (Å²) in [5.74, 6) is 0.400. The molecular weight excluding hydrogens is 216 g/mol. The Hall–Kier alpha value is -1.06. The minimum absolute atomic E-state index is 0.0304. The van der Waals surface area contributed by atoms with E-state index in [-0.39, 0.29) is 29.8 Å². The summed E-state index contributed by atoms with van der Waals surface area (Å²) in [5, 5.41) is 0. The maximum absolute atomic E-state index is 12.0. The largest absolute Gasteiger partial charge is 0.338 e. The molecule has 4 heteroatoms. The van der Waals surface area contributed by atoms with Crippen molar-refractivity contribution in [3.05, 3.63) is 0 Å². The summed E-state index contributed by atoms with van der Waals surface area (Å²) in [7, 11) is 0. The van der Waals surface area contributed by atoms with Gasteiger partial charge in [0.2, 0.25) is 11.8 Å². The Morgan fingerprint density at radius 3 is 2.00 bits per heavy atom. The van der Waals surface area contributed by atoms with Crippen molar-refractivity contribution in [3.8, 4) is 0 Å². The van der Waals surface area contributed by atoms with E-state index in [0.717, 1.165) is 0 Å². The maximum Gasteiger partial charge on any atom is 0.225 e. The van der Waals surface area contributed by atoms with Crippen LogP contribution in [0.15, 0.2) is 0 Å². The van der Waals surface area contributed by atoms with Crippen LogP contribution in [-0.4, -0.2) is 46.8 Å². The molecule has 0 bridgehead atoms. The molecule has 4 nitrogen and oxygen atoms in total. The van der Waals surface area contributed by atoms with Gasteiger partial charge in [0.05, 0.1) is 0 Å². The van der Waals surface area contributed by atoms with E-state index in [9.17, 15) is 9.59 Å². The minimum atomic E-state index is 0.0304. The van der Waals surface area contributed by atoms with Gasteiger partial charge in [0.1, 0.15) is 0 Å². The van der Waals surface area contributed by atoms with Crippen molar-refractivity contribution in [2.75, 3.05) is 13.1 Å². The number of rotatable bonds is 2. The molecule has 1 aliphatic heterocycles. The Bertz CT molecular complexity index is 290. The third-order valence-electron chi connectivity index (χ3n) is 3.31. The second-order valence-corrected chi connectivity index (χ2v) is 5.25. The molecule has 0 aromatic rings. The highest BCUT2D eigenvalue weighted by Crippen LogP contribution is 2.18. The van der Waals surface area contributed by atoms with Crippen LogP contribution in [0.4, 0.5) is 0 Å². The van der Waals surface area contributed by atoms with Gasteiger partial charge in [-0.3, -0.25) is 9.59 Å². The molecule has 1 saturated heterocycles. The number of hydrogen-bond donors (Lipinski definition) is 0. The highest BCUT2D eigenvalue weighted by Gasteiger charge is 2.34. The predicted octanol–water partition coefficient (Wildman–Crippen LogP) is 1.50. The molecule has 0 saturated carbocycles. The first-order valence-corrected chi connectivity index (χ1v) is 6.48. The quantitative estimate of drug-likeness (QED) is 0.734. The van der Waals surface area contributed by atoms with Gasteiger partial charge in [0, 0.05) is 37.5 Å². The lowest BCUT2D eigenvalue weighted by Crippen LogP contribution is -2.60. The molecule has 1 rings (SSSR count). The molecule has 1 fully saturated rings. The predicted molar refractivity (Wildman–Crippen MR) is 67.5 cm³/mol. The zero-order valence-corrected chi connectivity index (χ0v) is 11.6. The van der Waals surface area contributed by atoms with Crippen LogP contribution in [0.3, 0.4) is 0 Å². The molecule has 0 spiro atoms.